The van der Waals surface area contributed by atoms with Crippen LogP contribution >= 0.6 is 0 Å². The number of hydrogen-bond donors (Lipinski definition) is 2. The summed E-state index contributed by atoms with van der Waals surface area (Å²) in [6.45, 7) is -0.149. The van der Waals surface area contributed by atoms with Gasteiger partial charge in [0.2, 0.25) is 0 Å². The average molecular weight is 221 g/mol. The monoisotopic (exact) mass is 221 g/mol. The van der Waals surface area contributed by atoms with Crippen LogP contribution in [0.5, 0.6) is 0 Å². The van der Waals surface area contributed by atoms with Crippen molar-refractivity contribution in [2.75, 3.05) is 0 Å². The highest BCUT2D eigenvalue weighted by Crippen LogP contribution is 2.41. The van der Waals surface area contributed by atoms with Crippen LogP contribution in [0.1, 0.15) is 36.9 Å². The van der Waals surface area contributed by atoms with Gasteiger partial charge in [-0.05, 0) is 30.5 Å². The smallest absolute Gasteiger partial charge is 0.314 e. The summed E-state index contributed by atoms with van der Waals surface area (Å²) in [5.41, 5.74) is 0.550. The van der Waals surface area contributed by atoms with E-state index in [0.717, 1.165) is 18.4 Å². The van der Waals surface area contributed by atoms with Gasteiger partial charge in [-0.2, -0.15) is 0 Å². The van der Waals surface area contributed by atoms with Crippen LogP contribution in [0.2, 0.25) is 0 Å². The molecule has 0 aliphatic heterocycles. The second-order valence-electron chi connectivity index (χ2n) is 4.29. The number of aromatic nitrogens is 1. The zero-order valence-corrected chi connectivity index (χ0v) is 9.02. The van der Waals surface area contributed by atoms with Crippen molar-refractivity contribution in [3.05, 3.63) is 29.6 Å². The lowest BCUT2D eigenvalue weighted by molar-refractivity contribution is -0.143. The first-order valence-electron chi connectivity index (χ1n) is 5.49. The molecule has 1 fully saturated rings. The molecule has 1 aliphatic carbocycles. The van der Waals surface area contributed by atoms with E-state index in [4.69, 9.17) is 5.11 Å². The van der Waals surface area contributed by atoms with Crippen molar-refractivity contribution in [2.24, 2.45) is 0 Å². The van der Waals surface area contributed by atoms with E-state index in [1.54, 1.807) is 18.3 Å². The summed E-state index contributed by atoms with van der Waals surface area (Å²) in [4.78, 5) is 15.4. The molecule has 0 saturated heterocycles. The Kier molecular flexibility index (Phi) is 2.92. The van der Waals surface area contributed by atoms with Gasteiger partial charge in [0, 0.05) is 6.20 Å². The Morgan fingerprint density at radius 1 is 1.44 bits per heavy atom. The van der Waals surface area contributed by atoms with Crippen LogP contribution in [0.25, 0.3) is 0 Å². The molecule has 16 heavy (non-hydrogen) atoms. The predicted octanol–water partition coefficient (Wildman–Crippen LogP) is 1.47. The fourth-order valence-electron chi connectivity index (χ4n) is 2.47. The molecule has 0 spiro atoms. The molecule has 0 bridgehead atoms. The first-order valence-corrected chi connectivity index (χ1v) is 5.49. The molecule has 0 aromatic carbocycles. The van der Waals surface area contributed by atoms with Crippen LogP contribution in [0.4, 0.5) is 0 Å². The number of aliphatic hydroxyl groups is 1. The molecule has 1 saturated carbocycles. The molecule has 1 heterocycles. The molecule has 1 aliphatic rings. The van der Waals surface area contributed by atoms with Crippen LogP contribution < -0.4 is 0 Å². The molecule has 4 nitrogen and oxygen atoms in total. The summed E-state index contributed by atoms with van der Waals surface area (Å²) in [6, 6.07) is 3.46. The van der Waals surface area contributed by atoms with Crippen LogP contribution in [0, 0.1) is 0 Å². The Balaban J connectivity index is 2.43. The maximum Gasteiger partial charge on any atom is 0.314 e. The Bertz CT molecular complexity index is 397. The van der Waals surface area contributed by atoms with E-state index in [9.17, 15) is 9.90 Å². The van der Waals surface area contributed by atoms with Crippen LogP contribution in [0.15, 0.2) is 18.3 Å². The van der Waals surface area contributed by atoms with Gasteiger partial charge in [-0.15, -0.1) is 0 Å². The number of aliphatic carboxylic acids is 1. The number of pyridine rings is 1. The number of carbonyl (C=O) groups is 1. The second-order valence-corrected chi connectivity index (χ2v) is 4.29. The van der Waals surface area contributed by atoms with Crippen LogP contribution in [-0.2, 0) is 16.8 Å². The van der Waals surface area contributed by atoms with E-state index >= 15 is 0 Å². The highest BCUT2D eigenvalue weighted by molar-refractivity contribution is 5.81. The highest BCUT2D eigenvalue weighted by Gasteiger charge is 2.42. The maximum absolute atomic E-state index is 11.4. The van der Waals surface area contributed by atoms with E-state index in [1.165, 1.54) is 0 Å². The van der Waals surface area contributed by atoms with E-state index in [2.05, 4.69) is 4.98 Å². The summed E-state index contributed by atoms with van der Waals surface area (Å²) in [5, 5.41) is 18.4. The lowest BCUT2D eigenvalue weighted by Gasteiger charge is -2.24. The van der Waals surface area contributed by atoms with Crippen molar-refractivity contribution in [2.45, 2.75) is 37.7 Å². The quantitative estimate of drug-likeness (QED) is 0.810. The van der Waals surface area contributed by atoms with E-state index in [0.29, 0.717) is 18.5 Å². The third kappa shape index (κ3) is 1.69. The molecule has 0 amide bonds. The molecule has 2 rings (SSSR count). The number of nitrogens with zero attached hydrogens (tertiary/aromatic N) is 1. The fraction of sp³-hybridized carbons (Fsp3) is 0.500. The normalized spacial score (nSPS) is 18.6. The zero-order valence-electron chi connectivity index (χ0n) is 9.02. The summed E-state index contributed by atoms with van der Waals surface area (Å²) in [6.07, 6.45) is 4.82. The van der Waals surface area contributed by atoms with Crippen molar-refractivity contribution in [1.29, 1.82) is 0 Å². The van der Waals surface area contributed by atoms with E-state index in [1.807, 2.05) is 0 Å². The van der Waals surface area contributed by atoms with Gasteiger partial charge in [0.25, 0.3) is 0 Å². The van der Waals surface area contributed by atoms with Gasteiger partial charge in [0.15, 0.2) is 0 Å². The first-order chi connectivity index (χ1) is 7.69. The molecule has 86 valence electrons. The van der Waals surface area contributed by atoms with Gasteiger partial charge in [0.05, 0.1) is 17.7 Å². The third-order valence-electron chi connectivity index (χ3n) is 3.40. The molecule has 1 aromatic rings. The van der Waals surface area contributed by atoms with Crippen molar-refractivity contribution in [1.82, 2.24) is 4.98 Å². The van der Waals surface area contributed by atoms with Gasteiger partial charge >= 0.3 is 5.97 Å². The van der Waals surface area contributed by atoms with Crippen LogP contribution in [0.3, 0.4) is 0 Å². The van der Waals surface area contributed by atoms with E-state index < -0.39 is 11.4 Å². The summed E-state index contributed by atoms with van der Waals surface area (Å²) >= 11 is 0. The number of rotatable bonds is 3. The van der Waals surface area contributed by atoms with Gasteiger partial charge < -0.3 is 10.2 Å². The third-order valence-corrected chi connectivity index (χ3v) is 3.40. The molecular formula is C12H15NO3. The molecule has 0 radical (unpaired) electrons. The zero-order chi connectivity index (χ0) is 11.6. The van der Waals surface area contributed by atoms with Crippen molar-refractivity contribution < 1.29 is 15.0 Å². The largest absolute Gasteiger partial charge is 0.481 e. The van der Waals surface area contributed by atoms with Gasteiger partial charge in [-0.3, -0.25) is 9.78 Å². The molecule has 4 heteroatoms. The summed E-state index contributed by atoms with van der Waals surface area (Å²) < 4.78 is 0. The van der Waals surface area contributed by atoms with Crippen LogP contribution in [-0.4, -0.2) is 21.2 Å². The molecule has 0 unspecified atom stereocenters. The Labute approximate surface area is 93.9 Å². The van der Waals surface area contributed by atoms with Gasteiger partial charge in [0.1, 0.15) is 0 Å². The molecule has 1 aromatic heterocycles. The van der Waals surface area contributed by atoms with Gasteiger partial charge in [-0.25, -0.2) is 0 Å². The van der Waals surface area contributed by atoms with E-state index in [-0.39, 0.29) is 6.61 Å². The fourth-order valence-corrected chi connectivity index (χ4v) is 2.47. The minimum Gasteiger partial charge on any atom is -0.481 e. The Morgan fingerprint density at radius 3 is 2.69 bits per heavy atom. The standard InChI is InChI=1S/C12H15NO3/c14-8-10-7-9(3-6-13-10)12(11(15)16)4-1-2-5-12/h3,6-7,14H,1-2,4-5,8H2,(H,15,16). The molecular weight excluding hydrogens is 206 g/mol. The molecule has 2 N–H and O–H groups in total. The number of aliphatic hydroxyl groups excluding tert-OH is 1. The average Bonchev–Trinajstić information content (AvgIpc) is 2.79. The van der Waals surface area contributed by atoms with Crippen molar-refractivity contribution in [3.63, 3.8) is 0 Å². The number of carboxylic acid groups (broad SMARTS) is 1. The van der Waals surface area contributed by atoms with Crippen molar-refractivity contribution >= 4 is 5.97 Å². The lowest BCUT2D eigenvalue weighted by atomic mass is 9.79. The minimum absolute atomic E-state index is 0.149. The van der Waals surface area contributed by atoms with Gasteiger partial charge in [-0.1, -0.05) is 12.8 Å². The SMILES string of the molecule is O=C(O)C1(c2ccnc(CO)c2)CCCC1. The topological polar surface area (TPSA) is 70.4 Å². The summed E-state index contributed by atoms with van der Waals surface area (Å²) in [7, 11) is 0. The lowest BCUT2D eigenvalue weighted by Crippen LogP contribution is -2.32. The Hall–Kier alpha value is -1.42. The summed E-state index contributed by atoms with van der Waals surface area (Å²) in [5.74, 6) is -0.764. The number of carboxylic acids is 1. The maximum atomic E-state index is 11.4. The first kappa shape index (κ1) is 11.1. The minimum atomic E-state index is -0.764. The predicted molar refractivity (Wildman–Crippen MR) is 57.9 cm³/mol. The number of hydrogen-bond acceptors (Lipinski definition) is 3. The van der Waals surface area contributed by atoms with Crippen molar-refractivity contribution in [3.8, 4) is 0 Å². The second kappa shape index (κ2) is 4.22. The highest BCUT2D eigenvalue weighted by atomic mass is 16.4. The Morgan fingerprint density at radius 2 is 2.12 bits per heavy atom. The molecule has 0 atom stereocenters.